The van der Waals surface area contributed by atoms with Crippen LogP contribution in [-0.4, -0.2) is 31.5 Å². The maximum Gasteiger partial charge on any atom is 0.421 e. The van der Waals surface area contributed by atoms with Crippen molar-refractivity contribution in [1.29, 1.82) is 5.26 Å². The molecule has 3 heterocycles. The first-order valence-corrected chi connectivity index (χ1v) is 10.9. The summed E-state index contributed by atoms with van der Waals surface area (Å²) in [7, 11) is 0. The standard InChI is InChI=1S/C23H15F3N6O2S/c24-23(25,26)19-16(12-27)29-9-6-17(19)31-20(33)22(7-1-8-22)32(21(31)35)14-2-4-15(5-3-14)34-18-13-28-10-11-30-18/h2-6,9-11,13H,1,7-8H2. The summed E-state index contributed by atoms with van der Waals surface area (Å²) < 4.78 is 47.4. The van der Waals surface area contributed by atoms with Crippen molar-refractivity contribution in [3.8, 4) is 17.7 Å². The molecule has 0 radical (unpaired) electrons. The Labute approximate surface area is 202 Å². The Hall–Kier alpha value is -4.11. The molecule has 1 saturated heterocycles. The summed E-state index contributed by atoms with van der Waals surface area (Å²) in [5.41, 5.74) is -3.18. The average molecular weight is 496 g/mol. The molecule has 35 heavy (non-hydrogen) atoms. The van der Waals surface area contributed by atoms with Crippen LogP contribution in [-0.2, 0) is 11.0 Å². The molecule has 0 bridgehead atoms. The first-order valence-electron chi connectivity index (χ1n) is 10.5. The van der Waals surface area contributed by atoms with Crippen LogP contribution in [0, 0.1) is 11.3 Å². The number of nitrogens with zero attached hydrogens (tertiary/aromatic N) is 6. The van der Waals surface area contributed by atoms with Gasteiger partial charge in [0.1, 0.15) is 22.9 Å². The molecule has 0 unspecified atom stereocenters. The molecular weight excluding hydrogens is 481 g/mol. The fourth-order valence-electron chi connectivity index (χ4n) is 4.32. The molecule has 2 fully saturated rings. The maximum absolute atomic E-state index is 13.9. The number of nitriles is 1. The first kappa shape index (κ1) is 22.7. The summed E-state index contributed by atoms with van der Waals surface area (Å²) in [5, 5.41) is 9.12. The molecule has 1 aliphatic carbocycles. The summed E-state index contributed by atoms with van der Waals surface area (Å²) in [6, 6.07) is 9.16. The van der Waals surface area contributed by atoms with Gasteiger partial charge in [-0.05, 0) is 61.8 Å². The van der Waals surface area contributed by atoms with Crippen molar-refractivity contribution in [3.63, 3.8) is 0 Å². The molecule has 1 saturated carbocycles. The van der Waals surface area contributed by atoms with Crippen LogP contribution in [0.5, 0.6) is 11.6 Å². The number of carbonyl (C=O) groups excluding carboxylic acids is 1. The van der Waals surface area contributed by atoms with Gasteiger partial charge >= 0.3 is 6.18 Å². The maximum atomic E-state index is 13.9. The van der Waals surface area contributed by atoms with Gasteiger partial charge in [-0.15, -0.1) is 0 Å². The molecule has 1 amide bonds. The molecule has 2 aromatic heterocycles. The van der Waals surface area contributed by atoms with Crippen LogP contribution in [0.1, 0.15) is 30.5 Å². The lowest BCUT2D eigenvalue weighted by atomic mass is 9.75. The van der Waals surface area contributed by atoms with E-state index in [0.717, 1.165) is 23.6 Å². The number of pyridine rings is 1. The molecule has 176 valence electrons. The number of hydrogen-bond donors (Lipinski definition) is 0. The third kappa shape index (κ3) is 3.64. The van der Waals surface area contributed by atoms with Gasteiger partial charge < -0.3 is 9.64 Å². The highest BCUT2D eigenvalue weighted by Gasteiger charge is 2.60. The van der Waals surface area contributed by atoms with Gasteiger partial charge in [-0.25, -0.2) is 9.97 Å². The topological polar surface area (TPSA) is 95.2 Å². The Kier molecular flexibility index (Phi) is 5.36. The van der Waals surface area contributed by atoms with Crippen molar-refractivity contribution in [1.82, 2.24) is 15.0 Å². The smallest absolute Gasteiger partial charge is 0.421 e. The second-order valence-electron chi connectivity index (χ2n) is 7.95. The number of amides is 1. The van der Waals surface area contributed by atoms with Crippen LogP contribution in [0.15, 0.2) is 55.1 Å². The van der Waals surface area contributed by atoms with Crippen LogP contribution in [0.3, 0.4) is 0 Å². The minimum Gasteiger partial charge on any atom is -0.438 e. The van der Waals surface area contributed by atoms with Crippen molar-refractivity contribution in [2.24, 2.45) is 0 Å². The van der Waals surface area contributed by atoms with Gasteiger partial charge in [0, 0.05) is 24.3 Å². The number of ether oxygens (including phenoxy) is 1. The molecule has 0 N–H and O–H groups in total. The normalized spacial score (nSPS) is 16.9. The van der Waals surface area contributed by atoms with Crippen LogP contribution in [0.2, 0.25) is 0 Å². The lowest BCUT2D eigenvalue weighted by Crippen LogP contribution is -2.55. The van der Waals surface area contributed by atoms with E-state index >= 15 is 0 Å². The van der Waals surface area contributed by atoms with E-state index < -0.39 is 34.6 Å². The average Bonchev–Trinajstić information content (AvgIpc) is 3.05. The van der Waals surface area contributed by atoms with E-state index in [-0.39, 0.29) is 5.11 Å². The van der Waals surface area contributed by atoms with Crippen molar-refractivity contribution >= 4 is 34.6 Å². The Morgan fingerprint density at radius 1 is 1.09 bits per heavy atom. The van der Waals surface area contributed by atoms with E-state index in [1.165, 1.54) is 24.7 Å². The highest BCUT2D eigenvalue weighted by atomic mass is 32.1. The SMILES string of the molecule is N#Cc1nccc(N2C(=O)C3(CCC3)N(c3ccc(Oc4cnccn4)cc3)C2=S)c1C(F)(F)F. The van der Waals surface area contributed by atoms with Gasteiger partial charge in [-0.1, -0.05) is 0 Å². The summed E-state index contributed by atoms with van der Waals surface area (Å²) in [6.45, 7) is 0. The minimum atomic E-state index is -4.91. The van der Waals surface area contributed by atoms with Gasteiger partial charge in [0.2, 0.25) is 5.88 Å². The predicted molar refractivity (Wildman–Crippen MR) is 122 cm³/mol. The number of aromatic nitrogens is 3. The fraction of sp³-hybridized carbons (Fsp3) is 0.217. The molecule has 3 aromatic rings. The number of rotatable bonds is 4. The van der Waals surface area contributed by atoms with Gasteiger partial charge in [0.15, 0.2) is 10.8 Å². The second kappa shape index (κ2) is 8.28. The number of anilines is 2. The molecule has 5 rings (SSSR count). The number of benzene rings is 1. The fourth-order valence-corrected chi connectivity index (χ4v) is 4.78. The second-order valence-corrected chi connectivity index (χ2v) is 8.31. The summed E-state index contributed by atoms with van der Waals surface area (Å²) in [4.78, 5) is 27.6. The van der Waals surface area contributed by atoms with Gasteiger partial charge in [-0.3, -0.25) is 14.7 Å². The Balaban J connectivity index is 1.54. The third-order valence-corrected chi connectivity index (χ3v) is 6.37. The Morgan fingerprint density at radius 3 is 2.40 bits per heavy atom. The zero-order valence-corrected chi connectivity index (χ0v) is 18.7. The lowest BCUT2D eigenvalue weighted by Gasteiger charge is -2.43. The van der Waals surface area contributed by atoms with Crippen LogP contribution in [0.25, 0.3) is 0 Å². The number of alkyl halides is 3. The number of halogens is 3. The van der Waals surface area contributed by atoms with Gasteiger partial charge in [0.05, 0.1) is 11.9 Å². The quantitative estimate of drug-likeness (QED) is 0.483. The Bertz CT molecular complexity index is 1350. The summed E-state index contributed by atoms with van der Waals surface area (Å²) in [5.74, 6) is 0.186. The lowest BCUT2D eigenvalue weighted by molar-refractivity contribution is -0.137. The van der Waals surface area contributed by atoms with E-state index in [1.54, 1.807) is 29.2 Å². The predicted octanol–water partition coefficient (Wildman–Crippen LogP) is 4.62. The van der Waals surface area contributed by atoms with Crippen LogP contribution in [0.4, 0.5) is 24.5 Å². The molecule has 2 aliphatic rings. The molecule has 1 aliphatic heterocycles. The number of thiocarbonyl (C=S) groups is 1. The molecule has 12 heteroatoms. The van der Waals surface area contributed by atoms with Gasteiger partial charge in [0.25, 0.3) is 5.91 Å². The van der Waals surface area contributed by atoms with Crippen molar-refractivity contribution in [3.05, 3.63) is 66.4 Å². The van der Waals surface area contributed by atoms with Crippen LogP contribution < -0.4 is 14.5 Å². The highest BCUT2D eigenvalue weighted by molar-refractivity contribution is 7.81. The van der Waals surface area contributed by atoms with E-state index in [2.05, 4.69) is 15.0 Å². The van der Waals surface area contributed by atoms with E-state index in [4.69, 9.17) is 17.0 Å². The van der Waals surface area contributed by atoms with E-state index in [0.29, 0.717) is 30.2 Å². The molecule has 1 spiro atoms. The number of carbonyl (C=O) groups is 1. The van der Waals surface area contributed by atoms with Crippen molar-refractivity contribution in [2.45, 2.75) is 31.0 Å². The zero-order valence-electron chi connectivity index (χ0n) is 17.9. The summed E-state index contributed by atoms with van der Waals surface area (Å²) >= 11 is 5.56. The third-order valence-electron chi connectivity index (χ3n) is 6.01. The van der Waals surface area contributed by atoms with E-state index in [9.17, 15) is 23.2 Å². The van der Waals surface area contributed by atoms with Crippen molar-refractivity contribution < 1.29 is 22.7 Å². The Morgan fingerprint density at radius 2 is 1.83 bits per heavy atom. The highest BCUT2D eigenvalue weighted by Crippen LogP contribution is 2.49. The monoisotopic (exact) mass is 496 g/mol. The van der Waals surface area contributed by atoms with Crippen molar-refractivity contribution in [2.75, 3.05) is 9.80 Å². The molecular formula is C23H15F3N6O2S. The zero-order chi connectivity index (χ0) is 24.8. The van der Waals surface area contributed by atoms with Crippen LogP contribution >= 0.6 is 12.2 Å². The number of hydrogen-bond acceptors (Lipinski definition) is 7. The molecule has 8 nitrogen and oxygen atoms in total. The summed E-state index contributed by atoms with van der Waals surface area (Å²) in [6.07, 6.45) is 2.18. The largest absolute Gasteiger partial charge is 0.438 e. The van der Waals surface area contributed by atoms with E-state index in [1.807, 2.05) is 0 Å². The molecule has 0 atom stereocenters. The molecule has 1 aromatic carbocycles. The first-order chi connectivity index (χ1) is 16.8. The minimum absolute atomic E-state index is 0.0992. The van der Waals surface area contributed by atoms with Gasteiger partial charge in [-0.2, -0.15) is 18.4 Å².